The largest absolute Gasteiger partial charge is 0.336 e. The van der Waals surface area contributed by atoms with E-state index in [4.69, 9.17) is 0 Å². The van der Waals surface area contributed by atoms with Crippen LogP contribution < -0.4 is 0 Å². The summed E-state index contributed by atoms with van der Waals surface area (Å²) < 4.78 is 0. The Bertz CT molecular complexity index is 704. The van der Waals surface area contributed by atoms with Crippen LogP contribution in [0.3, 0.4) is 0 Å². The maximum atomic E-state index is 13.2. The maximum Gasteiger partial charge on any atom is 0.242 e. The molecule has 4 rings (SSSR count). The molecule has 30 heavy (non-hydrogen) atoms. The summed E-state index contributed by atoms with van der Waals surface area (Å²) in [5, 5.41) is 0. The van der Waals surface area contributed by atoms with E-state index in [0.717, 1.165) is 31.1 Å². The summed E-state index contributed by atoms with van der Waals surface area (Å²) in [4.78, 5) is 35.9. The first-order valence-electron chi connectivity index (χ1n) is 11.9. The first-order valence-corrected chi connectivity index (χ1v) is 11.9. The Labute approximate surface area is 180 Å². The van der Waals surface area contributed by atoms with Crippen LogP contribution in [0.1, 0.15) is 63.4 Å². The third-order valence-corrected chi connectivity index (χ3v) is 7.07. The van der Waals surface area contributed by atoms with E-state index in [1.165, 1.54) is 51.5 Å². The van der Waals surface area contributed by atoms with Gasteiger partial charge in [-0.3, -0.25) is 14.6 Å². The molecule has 0 radical (unpaired) electrons. The van der Waals surface area contributed by atoms with E-state index in [1.54, 1.807) is 11.1 Å². The number of rotatable bonds is 7. The second-order valence-corrected chi connectivity index (χ2v) is 9.35. The number of carbonyl (C=O) groups is 2. The number of aromatic nitrogens is 1. The molecule has 1 aromatic rings. The summed E-state index contributed by atoms with van der Waals surface area (Å²) in [6.07, 6.45) is 14.2. The standard InChI is InChI=1S/C24H36N4O2/c29-23-11-6-14-27(23)19-24(30)28(16-20-7-4-12-25-15-20)18-21-8-5-13-26(17-21)22-9-2-1-3-10-22/h4,7,12,15,21-22H,1-3,5-6,8-11,13-14,16-19H2. The molecule has 2 saturated heterocycles. The molecule has 6 nitrogen and oxygen atoms in total. The van der Waals surface area contributed by atoms with E-state index >= 15 is 0 Å². The molecule has 3 aliphatic rings. The summed E-state index contributed by atoms with van der Waals surface area (Å²) in [6.45, 7) is 4.60. The molecule has 164 valence electrons. The third kappa shape index (κ3) is 5.60. The van der Waals surface area contributed by atoms with Gasteiger partial charge in [0.1, 0.15) is 0 Å². The molecule has 1 atom stereocenters. The lowest BCUT2D eigenvalue weighted by Crippen LogP contribution is -2.48. The lowest BCUT2D eigenvalue weighted by molar-refractivity contribution is -0.139. The highest BCUT2D eigenvalue weighted by Crippen LogP contribution is 2.28. The van der Waals surface area contributed by atoms with Gasteiger partial charge >= 0.3 is 0 Å². The van der Waals surface area contributed by atoms with Gasteiger partial charge < -0.3 is 14.7 Å². The smallest absolute Gasteiger partial charge is 0.242 e. The third-order valence-electron chi connectivity index (χ3n) is 7.07. The number of hydrogen-bond acceptors (Lipinski definition) is 4. The van der Waals surface area contributed by atoms with E-state index in [0.29, 0.717) is 25.4 Å². The van der Waals surface area contributed by atoms with Crippen LogP contribution in [-0.4, -0.2) is 70.3 Å². The van der Waals surface area contributed by atoms with Gasteiger partial charge in [-0.1, -0.05) is 25.3 Å². The second kappa shape index (κ2) is 10.4. The zero-order valence-electron chi connectivity index (χ0n) is 18.2. The fraction of sp³-hybridized carbons (Fsp3) is 0.708. The number of amides is 2. The molecule has 3 fully saturated rings. The maximum absolute atomic E-state index is 13.2. The van der Waals surface area contributed by atoms with Crippen molar-refractivity contribution in [3.63, 3.8) is 0 Å². The Balaban J connectivity index is 1.40. The van der Waals surface area contributed by atoms with Crippen molar-refractivity contribution in [2.24, 2.45) is 5.92 Å². The van der Waals surface area contributed by atoms with Crippen molar-refractivity contribution in [1.82, 2.24) is 19.7 Å². The minimum atomic E-state index is 0.0730. The minimum Gasteiger partial charge on any atom is -0.336 e. The predicted octanol–water partition coefficient (Wildman–Crippen LogP) is 3.08. The second-order valence-electron chi connectivity index (χ2n) is 9.35. The van der Waals surface area contributed by atoms with Gasteiger partial charge in [-0.15, -0.1) is 0 Å². The van der Waals surface area contributed by atoms with E-state index in [9.17, 15) is 9.59 Å². The van der Waals surface area contributed by atoms with Gasteiger partial charge in [0.25, 0.3) is 0 Å². The van der Waals surface area contributed by atoms with Gasteiger partial charge in [0.05, 0.1) is 6.54 Å². The molecular formula is C24H36N4O2. The first kappa shape index (κ1) is 21.3. The molecular weight excluding hydrogens is 376 g/mol. The van der Waals surface area contributed by atoms with Crippen LogP contribution in [0.15, 0.2) is 24.5 Å². The van der Waals surface area contributed by atoms with Gasteiger partial charge in [0, 0.05) is 51.0 Å². The van der Waals surface area contributed by atoms with Gasteiger partial charge in [-0.2, -0.15) is 0 Å². The average Bonchev–Trinajstić information content (AvgIpc) is 3.19. The molecule has 1 unspecified atom stereocenters. The van der Waals surface area contributed by atoms with Crippen molar-refractivity contribution in [2.75, 3.05) is 32.7 Å². The van der Waals surface area contributed by atoms with Crippen molar-refractivity contribution in [3.05, 3.63) is 30.1 Å². The van der Waals surface area contributed by atoms with Gasteiger partial charge in [0.2, 0.25) is 11.8 Å². The van der Waals surface area contributed by atoms with Crippen LogP contribution in [0, 0.1) is 5.92 Å². The van der Waals surface area contributed by atoms with Crippen molar-refractivity contribution in [2.45, 2.75) is 70.4 Å². The molecule has 0 N–H and O–H groups in total. The van der Waals surface area contributed by atoms with E-state index in [2.05, 4.69) is 9.88 Å². The summed E-state index contributed by atoms with van der Waals surface area (Å²) >= 11 is 0. The number of pyridine rings is 1. The molecule has 1 aliphatic carbocycles. The molecule has 2 aliphatic heterocycles. The van der Waals surface area contributed by atoms with Crippen LogP contribution in [0.5, 0.6) is 0 Å². The Hall–Kier alpha value is -1.95. The van der Waals surface area contributed by atoms with E-state index in [1.807, 2.05) is 23.2 Å². The highest BCUT2D eigenvalue weighted by molar-refractivity contribution is 5.85. The Kier molecular flexibility index (Phi) is 7.37. The van der Waals surface area contributed by atoms with Crippen molar-refractivity contribution >= 4 is 11.8 Å². The van der Waals surface area contributed by atoms with E-state index in [-0.39, 0.29) is 18.4 Å². The number of likely N-dealkylation sites (tertiary alicyclic amines) is 2. The Morgan fingerprint density at radius 2 is 1.97 bits per heavy atom. The van der Waals surface area contributed by atoms with Crippen LogP contribution in [-0.2, 0) is 16.1 Å². The SMILES string of the molecule is O=C1CCCN1CC(=O)N(Cc1cccnc1)CC1CCCN(C2CCCCC2)C1. The Morgan fingerprint density at radius 3 is 2.70 bits per heavy atom. The number of piperidine rings is 1. The quantitative estimate of drug-likeness (QED) is 0.691. The first-order chi connectivity index (χ1) is 14.7. The molecule has 3 heterocycles. The highest BCUT2D eigenvalue weighted by Gasteiger charge is 2.30. The zero-order valence-corrected chi connectivity index (χ0v) is 18.2. The number of nitrogens with zero attached hydrogens (tertiary/aromatic N) is 4. The Morgan fingerprint density at radius 1 is 1.10 bits per heavy atom. The number of carbonyl (C=O) groups excluding carboxylic acids is 2. The summed E-state index contributed by atoms with van der Waals surface area (Å²) in [5.41, 5.74) is 1.05. The summed E-state index contributed by atoms with van der Waals surface area (Å²) in [7, 11) is 0. The minimum absolute atomic E-state index is 0.0730. The van der Waals surface area contributed by atoms with Crippen molar-refractivity contribution < 1.29 is 9.59 Å². The van der Waals surface area contributed by atoms with E-state index < -0.39 is 0 Å². The van der Waals surface area contributed by atoms with Gasteiger partial charge in [-0.25, -0.2) is 0 Å². The molecule has 0 spiro atoms. The van der Waals surface area contributed by atoms with Gasteiger partial charge in [-0.05, 0) is 56.2 Å². The van der Waals surface area contributed by atoms with Crippen LogP contribution in [0.2, 0.25) is 0 Å². The van der Waals surface area contributed by atoms with Gasteiger partial charge in [0.15, 0.2) is 0 Å². The van der Waals surface area contributed by atoms with Crippen molar-refractivity contribution in [3.8, 4) is 0 Å². The van der Waals surface area contributed by atoms with Crippen LogP contribution in [0.25, 0.3) is 0 Å². The van der Waals surface area contributed by atoms with Crippen molar-refractivity contribution in [1.29, 1.82) is 0 Å². The fourth-order valence-corrected chi connectivity index (χ4v) is 5.44. The molecule has 0 bridgehead atoms. The molecule has 1 aromatic heterocycles. The predicted molar refractivity (Wildman–Crippen MR) is 117 cm³/mol. The molecule has 2 amide bonds. The molecule has 6 heteroatoms. The summed E-state index contributed by atoms with van der Waals surface area (Å²) in [5.74, 6) is 0.699. The van der Waals surface area contributed by atoms with Crippen LogP contribution >= 0.6 is 0 Å². The monoisotopic (exact) mass is 412 g/mol. The average molecular weight is 413 g/mol. The zero-order chi connectivity index (χ0) is 20.8. The lowest BCUT2D eigenvalue weighted by atomic mass is 9.90. The lowest BCUT2D eigenvalue weighted by Gasteiger charge is -2.41. The highest BCUT2D eigenvalue weighted by atomic mass is 16.2. The fourth-order valence-electron chi connectivity index (χ4n) is 5.44. The molecule has 0 aromatic carbocycles. The molecule has 1 saturated carbocycles. The topological polar surface area (TPSA) is 56.8 Å². The summed E-state index contributed by atoms with van der Waals surface area (Å²) in [6, 6.07) is 4.70. The normalized spacial score (nSPS) is 23.7. The number of hydrogen-bond donors (Lipinski definition) is 0. The van der Waals surface area contributed by atoms with Crippen LogP contribution in [0.4, 0.5) is 0 Å².